The summed E-state index contributed by atoms with van der Waals surface area (Å²) >= 11 is 0. The van der Waals surface area contributed by atoms with Gasteiger partial charge in [0, 0.05) is 18.8 Å². The summed E-state index contributed by atoms with van der Waals surface area (Å²) in [6.45, 7) is 5.02. The number of amidine groups is 1. The predicted molar refractivity (Wildman–Crippen MR) is 72.6 cm³/mol. The van der Waals surface area contributed by atoms with Crippen LogP contribution in [0.4, 0.5) is 0 Å². The Hall–Kier alpha value is -1.62. The summed E-state index contributed by atoms with van der Waals surface area (Å²) in [5, 5.41) is 15.2. The van der Waals surface area contributed by atoms with E-state index in [1.165, 1.54) is 0 Å². The Morgan fingerprint density at radius 2 is 2.33 bits per heavy atom. The molecule has 0 aromatic carbocycles. The zero-order valence-corrected chi connectivity index (χ0v) is 11.1. The van der Waals surface area contributed by atoms with Crippen molar-refractivity contribution in [2.75, 3.05) is 0 Å². The lowest BCUT2D eigenvalue weighted by molar-refractivity contribution is 0.318. The van der Waals surface area contributed by atoms with Crippen molar-refractivity contribution in [1.82, 2.24) is 10.3 Å². The summed E-state index contributed by atoms with van der Waals surface area (Å²) in [6.07, 6.45) is 5.04. The second-order valence-electron chi connectivity index (χ2n) is 4.27. The van der Waals surface area contributed by atoms with Crippen LogP contribution in [0.15, 0.2) is 23.5 Å². The van der Waals surface area contributed by atoms with Gasteiger partial charge >= 0.3 is 0 Å². The second kappa shape index (κ2) is 7.66. The molecule has 18 heavy (non-hydrogen) atoms. The van der Waals surface area contributed by atoms with Gasteiger partial charge in [-0.15, -0.1) is 0 Å². The molecule has 0 aliphatic rings. The van der Waals surface area contributed by atoms with Gasteiger partial charge in [-0.25, -0.2) is 0 Å². The van der Waals surface area contributed by atoms with E-state index >= 15 is 0 Å². The molecule has 1 rings (SSSR count). The fraction of sp³-hybridized carbons (Fsp3) is 0.538. The fourth-order valence-electron chi connectivity index (χ4n) is 1.91. The molecular weight excluding hydrogens is 228 g/mol. The van der Waals surface area contributed by atoms with E-state index in [0.717, 1.165) is 24.8 Å². The summed E-state index contributed by atoms with van der Waals surface area (Å²) < 4.78 is 0. The van der Waals surface area contributed by atoms with E-state index in [1.54, 1.807) is 6.20 Å². The van der Waals surface area contributed by atoms with Crippen molar-refractivity contribution in [2.45, 2.75) is 45.7 Å². The van der Waals surface area contributed by atoms with Crippen molar-refractivity contribution in [3.05, 3.63) is 29.6 Å². The van der Waals surface area contributed by atoms with E-state index in [-0.39, 0.29) is 5.84 Å². The Bertz CT molecular complexity index is 392. The lowest BCUT2D eigenvalue weighted by Gasteiger charge is -2.16. The van der Waals surface area contributed by atoms with Crippen LogP contribution in [-0.4, -0.2) is 22.1 Å². The van der Waals surface area contributed by atoms with Gasteiger partial charge < -0.3 is 16.3 Å². The normalized spacial score (nSPS) is 13.6. The molecule has 1 unspecified atom stereocenters. The average Bonchev–Trinajstić information content (AvgIpc) is 2.43. The quantitative estimate of drug-likeness (QED) is 0.298. The summed E-state index contributed by atoms with van der Waals surface area (Å²) in [5.74, 6) is 0.0518. The van der Waals surface area contributed by atoms with E-state index in [1.807, 2.05) is 12.1 Å². The summed E-state index contributed by atoms with van der Waals surface area (Å²) in [5.41, 5.74) is 7.09. The Morgan fingerprint density at radius 1 is 1.56 bits per heavy atom. The van der Waals surface area contributed by atoms with Crippen LogP contribution < -0.4 is 11.1 Å². The molecule has 0 saturated carbocycles. The van der Waals surface area contributed by atoms with Crippen LogP contribution in [0, 0.1) is 0 Å². The van der Waals surface area contributed by atoms with Gasteiger partial charge in [-0.05, 0) is 24.5 Å². The van der Waals surface area contributed by atoms with Gasteiger partial charge in [-0.3, -0.25) is 4.98 Å². The molecule has 0 radical (unpaired) electrons. The molecular formula is C13H22N4O. The molecule has 0 aliphatic carbocycles. The Kier molecular flexibility index (Phi) is 6.14. The highest BCUT2D eigenvalue weighted by atomic mass is 16.4. The van der Waals surface area contributed by atoms with Crippen LogP contribution >= 0.6 is 0 Å². The van der Waals surface area contributed by atoms with Gasteiger partial charge in [-0.1, -0.05) is 31.5 Å². The van der Waals surface area contributed by atoms with Crippen LogP contribution in [-0.2, 0) is 6.54 Å². The van der Waals surface area contributed by atoms with Gasteiger partial charge in [0.2, 0.25) is 0 Å². The molecule has 1 atom stereocenters. The molecule has 0 spiro atoms. The number of hydrogen-bond acceptors (Lipinski definition) is 4. The lowest BCUT2D eigenvalue weighted by Crippen LogP contribution is -2.29. The van der Waals surface area contributed by atoms with Crippen molar-refractivity contribution in [3.63, 3.8) is 0 Å². The maximum atomic E-state index is 8.72. The van der Waals surface area contributed by atoms with Crippen molar-refractivity contribution in [1.29, 1.82) is 0 Å². The minimum absolute atomic E-state index is 0.0518. The molecule has 0 aliphatic heterocycles. The van der Waals surface area contributed by atoms with E-state index in [9.17, 15) is 0 Å². The number of nitrogens with zero attached hydrogens (tertiary/aromatic N) is 2. The standard InChI is InChI=1S/C13H22N4O/c1-3-6-11(4-2)16-9-10-7-5-8-15-12(10)13(14)17-18/h5,7-8,11,16,18H,3-4,6,9H2,1-2H3,(H2,14,17). The van der Waals surface area contributed by atoms with E-state index in [4.69, 9.17) is 10.9 Å². The molecule has 100 valence electrons. The monoisotopic (exact) mass is 250 g/mol. The zero-order valence-electron chi connectivity index (χ0n) is 11.1. The first kappa shape index (κ1) is 14.4. The van der Waals surface area contributed by atoms with E-state index in [0.29, 0.717) is 18.3 Å². The van der Waals surface area contributed by atoms with Crippen molar-refractivity contribution < 1.29 is 5.21 Å². The first-order valence-corrected chi connectivity index (χ1v) is 6.38. The molecule has 1 aromatic heterocycles. The molecule has 0 amide bonds. The van der Waals surface area contributed by atoms with Crippen LogP contribution in [0.1, 0.15) is 44.4 Å². The highest BCUT2D eigenvalue weighted by Crippen LogP contribution is 2.07. The molecule has 1 heterocycles. The highest BCUT2D eigenvalue weighted by molar-refractivity contribution is 5.96. The summed E-state index contributed by atoms with van der Waals surface area (Å²) in [7, 11) is 0. The Labute approximate surface area is 108 Å². The number of hydrogen-bond donors (Lipinski definition) is 3. The molecule has 5 heteroatoms. The molecule has 5 nitrogen and oxygen atoms in total. The number of aromatic nitrogens is 1. The number of oxime groups is 1. The third kappa shape index (κ3) is 4.00. The Balaban J connectivity index is 2.72. The van der Waals surface area contributed by atoms with Gasteiger partial charge in [0.1, 0.15) is 5.69 Å². The molecule has 0 fully saturated rings. The van der Waals surface area contributed by atoms with E-state index in [2.05, 4.69) is 29.3 Å². The molecule has 1 aromatic rings. The minimum atomic E-state index is 0.0518. The minimum Gasteiger partial charge on any atom is -0.409 e. The van der Waals surface area contributed by atoms with Crippen LogP contribution in [0.3, 0.4) is 0 Å². The van der Waals surface area contributed by atoms with Gasteiger partial charge in [-0.2, -0.15) is 0 Å². The second-order valence-corrected chi connectivity index (χ2v) is 4.27. The number of rotatable bonds is 7. The topological polar surface area (TPSA) is 83.5 Å². The first-order chi connectivity index (χ1) is 8.72. The maximum Gasteiger partial charge on any atom is 0.189 e. The Morgan fingerprint density at radius 3 is 2.94 bits per heavy atom. The summed E-state index contributed by atoms with van der Waals surface area (Å²) in [4.78, 5) is 4.14. The number of nitrogens with two attached hydrogens (primary N) is 1. The summed E-state index contributed by atoms with van der Waals surface area (Å²) in [6, 6.07) is 4.29. The first-order valence-electron chi connectivity index (χ1n) is 6.38. The van der Waals surface area contributed by atoms with Crippen molar-refractivity contribution >= 4 is 5.84 Å². The molecule has 0 bridgehead atoms. The third-order valence-corrected chi connectivity index (χ3v) is 2.95. The average molecular weight is 250 g/mol. The predicted octanol–water partition coefficient (Wildman–Crippen LogP) is 1.84. The number of nitrogens with one attached hydrogen (secondary N) is 1. The van der Waals surface area contributed by atoms with E-state index < -0.39 is 0 Å². The SMILES string of the molecule is CCCC(CC)NCc1cccnc1C(N)=NO. The van der Waals surface area contributed by atoms with Gasteiger partial charge in [0.15, 0.2) is 5.84 Å². The molecule has 0 saturated heterocycles. The van der Waals surface area contributed by atoms with Gasteiger partial charge in [0.05, 0.1) is 0 Å². The number of pyridine rings is 1. The van der Waals surface area contributed by atoms with Gasteiger partial charge in [0.25, 0.3) is 0 Å². The fourth-order valence-corrected chi connectivity index (χ4v) is 1.91. The lowest BCUT2D eigenvalue weighted by atomic mass is 10.1. The van der Waals surface area contributed by atoms with Crippen LogP contribution in [0.2, 0.25) is 0 Å². The highest BCUT2D eigenvalue weighted by Gasteiger charge is 2.10. The molecule has 4 N–H and O–H groups in total. The zero-order chi connectivity index (χ0) is 13.4. The van der Waals surface area contributed by atoms with Crippen molar-refractivity contribution in [3.8, 4) is 0 Å². The smallest absolute Gasteiger partial charge is 0.189 e. The third-order valence-electron chi connectivity index (χ3n) is 2.95. The van der Waals surface area contributed by atoms with Crippen molar-refractivity contribution in [2.24, 2.45) is 10.9 Å². The largest absolute Gasteiger partial charge is 0.409 e. The maximum absolute atomic E-state index is 8.72. The van der Waals surface area contributed by atoms with Crippen LogP contribution in [0.5, 0.6) is 0 Å². The van der Waals surface area contributed by atoms with Crippen LogP contribution in [0.25, 0.3) is 0 Å².